The van der Waals surface area contributed by atoms with E-state index >= 15 is 4.39 Å². The zero-order chi connectivity index (χ0) is 30.3. The standard InChI is InChI=1S/C30H37FO10/c1-6-39-29(34)15-16-30(31,27(32)13-9-21-7-11-23(40-19-35-2)25(17-21)37-4)28(33)14-10-22-8-12-24(41-20-36-3)26(18-22)38-5/h7-14,17-18,27,32H,6,15-16,19-20H2,1-5H3/b13-9+,14-10+. The molecule has 224 valence electrons. The van der Waals surface area contributed by atoms with Crippen LogP contribution in [0.15, 0.2) is 48.6 Å². The fraction of sp³-hybridized carbons (Fsp3) is 0.400. The maximum Gasteiger partial charge on any atom is 0.305 e. The minimum absolute atomic E-state index is 0.0127. The number of ketones is 1. The van der Waals surface area contributed by atoms with Gasteiger partial charge in [0.2, 0.25) is 5.67 Å². The summed E-state index contributed by atoms with van der Waals surface area (Å²) >= 11 is 0. The molecule has 0 aliphatic heterocycles. The highest BCUT2D eigenvalue weighted by Gasteiger charge is 2.43. The van der Waals surface area contributed by atoms with E-state index in [4.69, 9.17) is 33.2 Å². The van der Waals surface area contributed by atoms with Crippen LogP contribution in [0.5, 0.6) is 23.0 Å². The van der Waals surface area contributed by atoms with Gasteiger partial charge in [-0.2, -0.15) is 0 Å². The van der Waals surface area contributed by atoms with Gasteiger partial charge in [-0.25, -0.2) is 4.39 Å². The van der Waals surface area contributed by atoms with E-state index in [-0.39, 0.29) is 20.2 Å². The van der Waals surface area contributed by atoms with Crippen molar-refractivity contribution in [3.8, 4) is 23.0 Å². The second-order valence-corrected chi connectivity index (χ2v) is 8.59. The van der Waals surface area contributed by atoms with E-state index in [2.05, 4.69) is 0 Å². The highest BCUT2D eigenvalue weighted by molar-refractivity contribution is 6.01. The van der Waals surface area contributed by atoms with Crippen molar-refractivity contribution >= 4 is 23.9 Å². The van der Waals surface area contributed by atoms with Crippen molar-refractivity contribution in [2.45, 2.75) is 31.5 Å². The minimum atomic E-state index is -2.82. The molecule has 2 rings (SSSR count). The molecule has 2 unspecified atom stereocenters. The van der Waals surface area contributed by atoms with Gasteiger partial charge < -0.3 is 38.3 Å². The monoisotopic (exact) mass is 576 g/mol. The molecular formula is C30H37FO10. The molecular weight excluding hydrogens is 539 g/mol. The second-order valence-electron chi connectivity index (χ2n) is 8.59. The number of allylic oxidation sites excluding steroid dienone is 1. The van der Waals surface area contributed by atoms with Crippen molar-refractivity contribution in [1.29, 1.82) is 0 Å². The first-order valence-electron chi connectivity index (χ1n) is 12.7. The summed E-state index contributed by atoms with van der Waals surface area (Å²) in [5.74, 6) is -0.101. The van der Waals surface area contributed by atoms with E-state index in [1.165, 1.54) is 40.6 Å². The third kappa shape index (κ3) is 9.89. The van der Waals surface area contributed by atoms with Crippen molar-refractivity contribution in [3.05, 3.63) is 59.7 Å². The van der Waals surface area contributed by atoms with Gasteiger partial charge in [0.25, 0.3) is 0 Å². The van der Waals surface area contributed by atoms with Gasteiger partial charge in [-0.1, -0.05) is 30.4 Å². The van der Waals surface area contributed by atoms with Gasteiger partial charge in [-0.05, 0) is 48.4 Å². The van der Waals surface area contributed by atoms with E-state index < -0.39 is 36.4 Å². The number of ether oxygens (including phenoxy) is 7. The van der Waals surface area contributed by atoms with Crippen LogP contribution in [0.4, 0.5) is 4.39 Å². The van der Waals surface area contributed by atoms with Crippen LogP contribution < -0.4 is 18.9 Å². The highest BCUT2D eigenvalue weighted by atomic mass is 19.1. The topological polar surface area (TPSA) is 119 Å². The second kappa shape index (κ2) is 17.0. The first-order valence-corrected chi connectivity index (χ1v) is 12.7. The Morgan fingerprint density at radius 1 is 0.878 bits per heavy atom. The lowest BCUT2D eigenvalue weighted by Gasteiger charge is -2.26. The predicted octanol–water partition coefficient (Wildman–Crippen LogP) is 4.38. The summed E-state index contributed by atoms with van der Waals surface area (Å²) < 4.78 is 52.4. The lowest BCUT2D eigenvalue weighted by Crippen LogP contribution is -2.44. The molecule has 0 bridgehead atoms. The smallest absolute Gasteiger partial charge is 0.305 e. The summed E-state index contributed by atoms with van der Waals surface area (Å²) in [5.41, 5.74) is -1.76. The molecule has 2 atom stereocenters. The largest absolute Gasteiger partial charge is 0.493 e. The first-order chi connectivity index (χ1) is 19.7. The number of aliphatic hydroxyl groups excluding tert-OH is 1. The molecule has 0 fully saturated rings. The van der Waals surface area contributed by atoms with Crippen LogP contribution in [0.25, 0.3) is 12.2 Å². The Bertz CT molecular complexity index is 1200. The van der Waals surface area contributed by atoms with E-state index in [1.807, 2.05) is 0 Å². The van der Waals surface area contributed by atoms with Gasteiger partial charge in [0.05, 0.1) is 20.8 Å². The summed E-state index contributed by atoms with van der Waals surface area (Å²) in [6.45, 7) is 1.75. The van der Waals surface area contributed by atoms with Gasteiger partial charge in [-0.3, -0.25) is 9.59 Å². The van der Waals surface area contributed by atoms with Crippen molar-refractivity contribution in [2.24, 2.45) is 0 Å². The number of alkyl halides is 1. The van der Waals surface area contributed by atoms with Crippen LogP contribution in [0.2, 0.25) is 0 Å². The third-order valence-corrected chi connectivity index (χ3v) is 5.81. The number of halogens is 1. The number of rotatable bonds is 18. The quantitative estimate of drug-likeness (QED) is 0.156. The average molecular weight is 577 g/mol. The number of carbonyl (C=O) groups is 2. The van der Waals surface area contributed by atoms with Crippen LogP contribution >= 0.6 is 0 Å². The zero-order valence-electron chi connectivity index (χ0n) is 23.9. The molecule has 0 saturated heterocycles. The van der Waals surface area contributed by atoms with Gasteiger partial charge in [0.1, 0.15) is 6.10 Å². The van der Waals surface area contributed by atoms with Crippen LogP contribution in [-0.2, 0) is 23.8 Å². The van der Waals surface area contributed by atoms with Gasteiger partial charge in [0, 0.05) is 27.1 Å². The van der Waals surface area contributed by atoms with E-state index in [0.29, 0.717) is 34.1 Å². The Hall–Kier alpha value is -3.93. The van der Waals surface area contributed by atoms with Crippen molar-refractivity contribution in [3.63, 3.8) is 0 Å². The summed E-state index contributed by atoms with van der Waals surface area (Å²) in [4.78, 5) is 25.1. The summed E-state index contributed by atoms with van der Waals surface area (Å²) in [6, 6.07) is 9.74. The molecule has 0 saturated carbocycles. The van der Waals surface area contributed by atoms with Crippen molar-refractivity contribution in [1.82, 2.24) is 0 Å². The van der Waals surface area contributed by atoms with Gasteiger partial charge in [-0.15, -0.1) is 0 Å². The molecule has 0 aliphatic carbocycles. The molecule has 0 heterocycles. The van der Waals surface area contributed by atoms with Crippen molar-refractivity contribution < 1.29 is 52.2 Å². The Morgan fingerprint density at radius 3 is 1.90 bits per heavy atom. The Labute approximate surface area is 239 Å². The predicted molar refractivity (Wildman–Crippen MR) is 150 cm³/mol. The van der Waals surface area contributed by atoms with Crippen LogP contribution in [0.1, 0.15) is 30.9 Å². The van der Waals surface area contributed by atoms with E-state index in [9.17, 15) is 14.7 Å². The molecule has 41 heavy (non-hydrogen) atoms. The maximum atomic E-state index is 16.3. The highest BCUT2D eigenvalue weighted by Crippen LogP contribution is 2.32. The van der Waals surface area contributed by atoms with Crippen LogP contribution in [0.3, 0.4) is 0 Å². The number of esters is 1. The SMILES string of the molecule is CCOC(=O)CCC(F)(C(=O)/C=C/c1ccc(OCOC)c(OC)c1)C(O)/C=C/c1ccc(OCOC)c(OC)c1. The average Bonchev–Trinajstić information content (AvgIpc) is 2.99. The van der Waals surface area contributed by atoms with Crippen molar-refractivity contribution in [2.75, 3.05) is 48.6 Å². The third-order valence-electron chi connectivity index (χ3n) is 5.81. The molecule has 1 N–H and O–H groups in total. The number of hydrogen-bond donors (Lipinski definition) is 1. The molecule has 2 aromatic carbocycles. The molecule has 0 spiro atoms. The minimum Gasteiger partial charge on any atom is -0.493 e. The van der Waals surface area contributed by atoms with Crippen LogP contribution in [-0.4, -0.2) is 77.3 Å². The van der Waals surface area contributed by atoms with Crippen LogP contribution in [0, 0.1) is 0 Å². The molecule has 0 aliphatic rings. The fourth-order valence-electron chi connectivity index (χ4n) is 3.66. The Morgan fingerprint density at radius 2 is 1.41 bits per heavy atom. The van der Waals surface area contributed by atoms with Gasteiger partial charge in [0.15, 0.2) is 42.4 Å². The number of methoxy groups -OCH3 is 4. The normalized spacial score (nSPS) is 13.5. The summed E-state index contributed by atoms with van der Waals surface area (Å²) in [6.07, 6.45) is 2.08. The number of benzene rings is 2. The summed E-state index contributed by atoms with van der Waals surface area (Å²) in [7, 11) is 5.88. The Kier molecular flexibility index (Phi) is 13.8. The molecule has 0 aromatic heterocycles. The maximum absolute atomic E-state index is 16.3. The molecule has 2 aromatic rings. The zero-order valence-corrected chi connectivity index (χ0v) is 23.9. The summed E-state index contributed by atoms with van der Waals surface area (Å²) in [5, 5.41) is 10.8. The number of hydrogen-bond acceptors (Lipinski definition) is 10. The van der Waals surface area contributed by atoms with E-state index in [0.717, 1.165) is 12.2 Å². The molecule has 11 heteroatoms. The first kappa shape index (κ1) is 33.3. The molecule has 0 radical (unpaired) electrons. The Balaban J connectivity index is 2.30. The van der Waals surface area contributed by atoms with Gasteiger partial charge >= 0.3 is 5.97 Å². The number of aliphatic hydroxyl groups is 1. The molecule has 10 nitrogen and oxygen atoms in total. The fourth-order valence-corrected chi connectivity index (χ4v) is 3.66. The lowest BCUT2D eigenvalue weighted by molar-refractivity contribution is -0.145. The number of carbonyl (C=O) groups excluding carboxylic acids is 2. The van der Waals surface area contributed by atoms with E-state index in [1.54, 1.807) is 43.3 Å². The lowest BCUT2D eigenvalue weighted by atomic mass is 9.87. The molecule has 0 amide bonds.